The van der Waals surface area contributed by atoms with E-state index in [-0.39, 0.29) is 17.4 Å². The molecule has 1 fully saturated rings. The molecule has 0 radical (unpaired) electrons. The second kappa shape index (κ2) is 10.2. The van der Waals surface area contributed by atoms with Crippen LogP contribution >= 0.6 is 0 Å². The SMILES string of the molecule is COCCCC[C@@](O)(c1cccc2nc(C(C)(C)C)oc12)[C@@H]1CCCN(C(=O)OC(C)(C)C)C1. The molecule has 1 saturated heterocycles. The van der Waals surface area contributed by atoms with E-state index in [0.29, 0.717) is 37.6 Å². The lowest BCUT2D eigenvalue weighted by Crippen LogP contribution is -2.49. The van der Waals surface area contributed by atoms with Crippen LogP contribution in [0.5, 0.6) is 0 Å². The number of rotatable bonds is 7. The lowest BCUT2D eigenvalue weighted by atomic mass is 9.74. The molecule has 190 valence electrons. The standard InChI is InChI=1S/C27H42N2O5/c1-25(2,3)23-28-21-14-10-13-20(22(21)33-23)27(31,15-8-9-17-32-7)19-12-11-16-29(18-19)24(30)34-26(4,5)6/h10,13-14,19,31H,8-9,11-12,15-18H2,1-7H3/t19-,27+/m1/s1. The van der Waals surface area contributed by atoms with Crippen LogP contribution in [0.25, 0.3) is 11.1 Å². The van der Waals surface area contributed by atoms with Crippen molar-refractivity contribution in [3.63, 3.8) is 0 Å². The smallest absolute Gasteiger partial charge is 0.410 e. The Morgan fingerprint density at radius 3 is 2.59 bits per heavy atom. The summed E-state index contributed by atoms with van der Waals surface area (Å²) in [6.07, 6.45) is 3.49. The summed E-state index contributed by atoms with van der Waals surface area (Å²) < 4.78 is 17.1. The van der Waals surface area contributed by atoms with Gasteiger partial charge in [-0.2, -0.15) is 0 Å². The first-order valence-electron chi connectivity index (χ1n) is 12.4. The minimum absolute atomic E-state index is 0.148. The van der Waals surface area contributed by atoms with Crippen molar-refractivity contribution in [1.82, 2.24) is 9.88 Å². The first kappa shape index (κ1) is 26.5. The highest BCUT2D eigenvalue weighted by Gasteiger charge is 2.43. The molecule has 1 aromatic carbocycles. The Morgan fingerprint density at radius 2 is 1.94 bits per heavy atom. The number of aromatic nitrogens is 1. The van der Waals surface area contributed by atoms with Crippen LogP contribution in [0.1, 0.15) is 85.1 Å². The lowest BCUT2D eigenvalue weighted by molar-refractivity contribution is -0.0637. The average Bonchev–Trinajstić information content (AvgIpc) is 3.20. The average molecular weight is 475 g/mol. The number of aliphatic hydroxyl groups is 1. The van der Waals surface area contributed by atoms with E-state index in [4.69, 9.17) is 18.9 Å². The number of unbranched alkanes of at least 4 members (excludes halogenated alkanes) is 1. The quantitative estimate of drug-likeness (QED) is 0.512. The van der Waals surface area contributed by atoms with Gasteiger partial charge in [0.05, 0.1) is 5.60 Å². The maximum atomic E-state index is 12.8. The van der Waals surface area contributed by atoms with E-state index >= 15 is 0 Å². The molecule has 0 bridgehead atoms. The van der Waals surface area contributed by atoms with Gasteiger partial charge in [0.25, 0.3) is 0 Å². The number of ether oxygens (including phenoxy) is 2. The largest absolute Gasteiger partial charge is 0.444 e. The van der Waals surface area contributed by atoms with Crippen LogP contribution in [-0.4, -0.2) is 53.5 Å². The molecule has 1 aliphatic rings. The van der Waals surface area contributed by atoms with Crippen LogP contribution in [-0.2, 0) is 20.5 Å². The summed E-state index contributed by atoms with van der Waals surface area (Å²) in [4.78, 5) is 19.3. The normalized spacial score (nSPS) is 19.3. The van der Waals surface area contributed by atoms with E-state index in [2.05, 4.69) is 20.8 Å². The zero-order chi connectivity index (χ0) is 25.1. The number of carbonyl (C=O) groups is 1. The highest BCUT2D eigenvalue weighted by atomic mass is 16.6. The topological polar surface area (TPSA) is 85.0 Å². The zero-order valence-electron chi connectivity index (χ0n) is 21.9. The number of hydrogen-bond donors (Lipinski definition) is 1. The molecule has 1 amide bonds. The Morgan fingerprint density at radius 1 is 1.21 bits per heavy atom. The number of methoxy groups -OCH3 is 1. The van der Waals surface area contributed by atoms with Crippen LogP contribution in [0.2, 0.25) is 0 Å². The maximum Gasteiger partial charge on any atom is 0.410 e. The van der Waals surface area contributed by atoms with Gasteiger partial charge in [-0.15, -0.1) is 0 Å². The molecule has 1 aromatic heterocycles. The van der Waals surface area contributed by atoms with Gasteiger partial charge >= 0.3 is 6.09 Å². The van der Waals surface area contributed by atoms with Crippen molar-refractivity contribution in [3.05, 3.63) is 29.7 Å². The van der Waals surface area contributed by atoms with Crippen molar-refractivity contribution >= 4 is 17.2 Å². The number of piperidine rings is 1. The van der Waals surface area contributed by atoms with Crippen molar-refractivity contribution in [2.24, 2.45) is 5.92 Å². The molecule has 0 unspecified atom stereocenters. The molecular formula is C27H42N2O5. The molecule has 0 aliphatic carbocycles. The van der Waals surface area contributed by atoms with E-state index in [1.807, 2.05) is 39.0 Å². The summed E-state index contributed by atoms with van der Waals surface area (Å²) in [5, 5.41) is 12.3. The van der Waals surface area contributed by atoms with Gasteiger partial charge in [-0.1, -0.05) is 32.9 Å². The molecule has 2 heterocycles. The van der Waals surface area contributed by atoms with E-state index in [1.54, 1.807) is 12.0 Å². The van der Waals surface area contributed by atoms with E-state index < -0.39 is 11.2 Å². The molecule has 2 aromatic rings. The van der Waals surface area contributed by atoms with Gasteiger partial charge < -0.3 is 23.9 Å². The van der Waals surface area contributed by atoms with Gasteiger partial charge in [-0.3, -0.25) is 0 Å². The highest BCUT2D eigenvalue weighted by Crippen LogP contribution is 2.43. The number of likely N-dealkylation sites (tertiary alicyclic amines) is 1. The third kappa shape index (κ3) is 6.11. The van der Waals surface area contributed by atoms with Gasteiger partial charge in [0, 0.05) is 43.7 Å². The van der Waals surface area contributed by atoms with E-state index in [1.165, 1.54) is 0 Å². The molecule has 7 heteroatoms. The van der Waals surface area contributed by atoms with Crippen molar-refractivity contribution in [3.8, 4) is 0 Å². The first-order chi connectivity index (χ1) is 15.8. The Balaban J connectivity index is 1.98. The van der Waals surface area contributed by atoms with Crippen molar-refractivity contribution in [1.29, 1.82) is 0 Å². The fourth-order valence-corrected chi connectivity index (χ4v) is 4.67. The predicted molar refractivity (Wildman–Crippen MR) is 133 cm³/mol. The molecule has 3 rings (SSSR count). The third-order valence-electron chi connectivity index (χ3n) is 6.43. The number of carbonyl (C=O) groups excluding carboxylic acids is 1. The molecule has 0 spiro atoms. The summed E-state index contributed by atoms with van der Waals surface area (Å²) >= 11 is 0. The number of fused-ring (bicyclic) bond motifs is 1. The maximum absolute atomic E-state index is 12.8. The van der Waals surface area contributed by atoms with Crippen LogP contribution in [0.3, 0.4) is 0 Å². The summed E-state index contributed by atoms with van der Waals surface area (Å²) in [6.45, 7) is 13.5. The Kier molecular flexibility index (Phi) is 7.98. The molecule has 2 atom stereocenters. The van der Waals surface area contributed by atoms with Gasteiger partial charge in [-0.25, -0.2) is 9.78 Å². The molecule has 7 nitrogen and oxygen atoms in total. The minimum atomic E-state index is -1.16. The van der Waals surface area contributed by atoms with Crippen molar-refractivity contribution < 1.29 is 23.8 Å². The Hall–Kier alpha value is -2.12. The number of nitrogens with zero attached hydrogens (tertiary/aromatic N) is 2. The molecule has 0 saturated carbocycles. The summed E-state index contributed by atoms with van der Waals surface area (Å²) in [6, 6.07) is 5.81. The van der Waals surface area contributed by atoms with Crippen LogP contribution in [0, 0.1) is 5.92 Å². The molecule has 34 heavy (non-hydrogen) atoms. The Labute approximate surface area is 203 Å². The van der Waals surface area contributed by atoms with E-state index in [9.17, 15) is 9.90 Å². The minimum Gasteiger partial charge on any atom is -0.444 e. The fourth-order valence-electron chi connectivity index (χ4n) is 4.67. The number of para-hydroxylation sites is 1. The second-order valence-corrected chi connectivity index (χ2v) is 11.6. The summed E-state index contributed by atoms with van der Waals surface area (Å²) in [5.74, 6) is 0.501. The van der Waals surface area contributed by atoms with Gasteiger partial charge in [0.1, 0.15) is 11.1 Å². The lowest BCUT2D eigenvalue weighted by Gasteiger charge is -2.43. The monoisotopic (exact) mass is 474 g/mol. The number of amides is 1. The van der Waals surface area contributed by atoms with Crippen molar-refractivity contribution in [2.45, 2.75) is 90.3 Å². The third-order valence-corrected chi connectivity index (χ3v) is 6.43. The van der Waals surface area contributed by atoms with E-state index in [0.717, 1.165) is 36.8 Å². The number of hydrogen-bond acceptors (Lipinski definition) is 6. The number of oxazole rings is 1. The van der Waals surface area contributed by atoms with Crippen molar-refractivity contribution in [2.75, 3.05) is 26.8 Å². The molecular weight excluding hydrogens is 432 g/mol. The van der Waals surface area contributed by atoms with Gasteiger partial charge in [-0.05, 0) is 58.9 Å². The van der Waals surface area contributed by atoms with Gasteiger partial charge in [0.15, 0.2) is 5.58 Å². The second-order valence-electron chi connectivity index (χ2n) is 11.6. The van der Waals surface area contributed by atoms with Crippen LogP contribution in [0.4, 0.5) is 4.79 Å². The molecule has 1 N–H and O–H groups in total. The molecule has 1 aliphatic heterocycles. The predicted octanol–water partition coefficient (Wildman–Crippen LogP) is 5.78. The zero-order valence-corrected chi connectivity index (χ0v) is 21.9. The highest BCUT2D eigenvalue weighted by molar-refractivity contribution is 5.77. The fraction of sp³-hybridized carbons (Fsp3) is 0.704. The number of benzene rings is 1. The summed E-state index contributed by atoms with van der Waals surface area (Å²) in [7, 11) is 1.69. The van der Waals surface area contributed by atoms with Crippen LogP contribution in [0.15, 0.2) is 22.6 Å². The first-order valence-corrected chi connectivity index (χ1v) is 12.4. The van der Waals surface area contributed by atoms with Crippen LogP contribution < -0.4 is 0 Å². The Bertz CT molecular complexity index is 972. The van der Waals surface area contributed by atoms with Gasteiger partial charge in [0.2, 0.25) is 5.89 Å². The summed E-state index contributed by atoms with van der Waals surface area (Å²) in [5.41, 5.74) is 0.165.